The molecule has 1 atom stereocenters. The number of piperidine rings is 1. The zero-order valence-electron chi connectivity index (χ0n) is 9.23. The number of benzene rings is 1. The fourth-order valence-corrected chi connectivity index (χ4v) is 2.06. The minimum atomic E-state index is -0.146. The van der Waals surface area contributed by atoms with Crippen molar-refractivity contribution in [2.45, 2.75) is 13.0 Å². The molecule has 2 rings (SSSR count). The normalized spacial score (nSPS) is 22.0. The van der Waals surface area contributed by atoms with Crippen LogP contribution in [0, 0.1) is 11.3 Å². The predicted octanol–water partition coefficient (Wildman–Crippen LogP) is 1.73. The van der Waals surface area contributed by atoms with E-state index in [1.165, 1.54) is 5.56 Å². The van der Waals surface area contributed by atoms with Crippen LogP contribution in [0.25, 0.3) is 0 Å². The lowest BCUT2D eigenvalue weighted by Gasteiger charge is -2.30. The number of aldehydes is 1. The lowest BCUT2D eigenvalue weighted by molar-refractivity contribution is -0.109. The smallest absolute Gasteiger partial charge is 0.128 e. The molecule has 1 N–H and O–H groups in total. The molecule has 0 aromatic heterocycles. The molecule has 1 aliphatic heterocycles. The van der Waals surface area contributed by atoms with Gasteiger partial charge < -0.3 is 10.2 Å². The van der Waals surface area contributed by atoms with Crippen LogP contribution >= 0.6 is 0 Å². The third-order valence-corrected chi connectivity index (χ3v) is 3.01. The van der Waals surface area contributed by atoms with Crippen LogP contribution in [0.1, 0.15) is 12.0 Å². The third kappa shape index (κ3) is 2.55. The minimum Gasteiger partial charge on any atom is -0.308 e. The molecular formula is C13H16N2O. The lowest BCUT2D eigenvalue weighted by atomic mass is 9.96. The topological polar surface area (TPSA) is 44.2 Å². The number of carbonyl (C=O) groups is 1. The summed E-state index contributed by atoms with van der Waals surface area (Å²) < 4.78 is 0. The summed E-state index contributed by atoms with van der Waals surface area (Å²) in [5.41, 5.74) is 1.82. The van der Waals surface area contributed by atoms with Gasteiger partial charge in [0.05, 0.1) is 5.92 Å². The molecule has 1 heterocycles. The maximum Gasteiger partial charge on any atom is 0.128 e. The molecule has 3 heteroatoms. The molecule has 1 fully saturated rings. The Morgan fingerprint density at radius 3 is 2.75 bits per heavy atom. The summed E-state index contributed by atoms with van der Waals surface area (Å²) in [4.78, 5) is 12.9. The van der Waals surface area contributed by atoms with E-state index in [4.69, 9.17) is 5.41 Å². The number of carbonyl (C=O) groups excluding carboxylic acids is 1. The molecule has 1 aromatic carbocycles. The fourth-order valence-electron chi connectivity index (χ4n) is 2.06. The average molecular weight is 216 g/mol. The van der Waals surface area contributed by atoms with Crippen molar-refractivity contribution in [1.82, 2.24) is 4.90 Å². The van der Waals surface area contributed by atoms with Gasteiger partial charge in [0.2, 0.25) is 0 Å². The zero-order chi connectivity index (χ0) is 11.4. The van der Waals surface area contributed by atoms with Crippen molar-refractivity contribution >= 4 is 12.0 Å². The first kappa shape index (κ1) is 11.0. The van der Waals surface area contributed by atoms with E-state index >= 15 is 0 Å². The Balaban J connectivity index is 1.94. The highest BCUT2D eigenvalue weighted by Gasteiger charge is 2.23. The van der Waals surface area contributed by atoms with E-state index in [0.717, 1.165) is 25.8 Å². The van der Waals surface area contributed by atoms with Crippen LogP contribution in [0.4, 0.5) is 0 Å². The molecule has 1 unspecified atom stereocenters. The summed E-state index contributed by atoms with van der Waals surface area (Å²) >= 11 is 0. The third-order valence-electron chi connectivity index (χ3n) is 3.01. The van der Waals surface area contributed by atoms with Crippen LogP contribution < -0.4 is 0 Å². The van der Waals surface area contributed by atoms with Gasteiger partial charge in [-0.05, 0) is 18.5 Å². The number of hydrogen-bond donors (Lipinski definition) is 1. The molecule has 0 aliphatic carbocycles. The van der Waals surface area contributed by atoms with Gasteiger partial charge in [-0.15, -0.1) is 0 Å². The van der Waals surface area contributed by atoms with Gasteiger partial charge in [-0.2, -0.15) is 0 Å². The van der Waals surface area contributed by atoms with Crippen molar-refractivity contribution in [3.8, 4) is 0 Å². The van der Waals surface area contributed by atoms with Gasteiger partial charge in [0.25, 0.3) is 0 Å². The molecule has 3 nitrogen and oxygen atoms in total. The molecule has 84 valence electrons. The molecule has 1 aliphatic rings. The number of hydrogen-bond acceptors (Lipinski definition) is 3. The SMILES string of the molecule is N=C1CN(Cc2ccccc2)CCC1C=O. The van der Waals surface area contributed by atoms with Crippen molar-refractivity contribution in [2.24, 2.45) is 5.92 Å². The monoisotopic (exact) mass is 216 g/mol. The second-order valence-electron chi connectivity index (χ2n) is 4.25. The maximum atomic E-state index is 10.7. The molecule has 0 saturated carbocycles. The van der Waals surface area contributed by atoms with Crippen LogP contribution in [0.3, 0.4) is 0 Å². The van der Waals surface area contributed by atoms with Crippen LogP contribution in [-0.4, -0.2) is 30.0 Å². The highest BCUT2D eigenvalue weighted by atomic mass is 16.1. The van der Waals surface area contributed by atoms with E-state index in [1.54, 1.807) is 0 Å². The van der Waals surface area contributed by atoms with E-state index < -0.39 is 0 Å². The van der Waals surface area contributed by atoms with Crippen molar-refractivity contribution in [2.75, 3.05) is 13.1 Å². The number of rotatable bonds is 3. The Kier molecular flexibility index (Phi) is 3.47. The molecule has 0 bridgehead atoms. The van der Waals surface area contributed by atoms with Gasteiger partial charge >= 0.3 is 0 Å². The Morgan fingerprint density at radius 2 is 2.12 bits per heavy atom. The number of likely N-dealkylation sites (tertiary alicyclic amines) is 1. The van der Waals surface area contributed by atoms with Crippen LogP contribution in [0.2, 0.25) is 0 Å². The second kappa shape index (κ2) is 5.03. The van der Waals surface area contributed by atoms with Crippen molar-refractivity contribution in [1.29, 1.82) is 5.41 Å². The fraction of sp³-hybridized carbons (Fsp3) is 0.385. The highest BCUT2D eigenvalue weighted by Crippen LogP contribution is 2.14. The van der Waals surface area contributed by atoms with Gasteiger partial charge in [0, 0.05) is 18.8 Å². The molecule has 1 aromatic rings. The minimum absolute atomic E-state index is 0.146. The molecule has 0 amide bonds. The molecular weight excluding hydrogens is 200 g/mol. The molecule has 0 radical (unpaired) electrons. The van der Waals surface area contributed by atoms with Gasteiger partial charge in [-0.25, -0.2) is 0 Å². The standard InChI is InChI=1S/C13H16N2O/c14-13-9-15(7-6-12(13)10-16)8-11-4-2-1-3-5-11/h1-5,10,12,14H,6-9H2. The van der Waals surface area contributed by atoms with Gasteiger partial charge in [0.15, 0.2) is 0 Å². The first-order valence-electron chi connectivity index (χ1n) is 5.58. The Labute approximate surface area is 95.6 Å². The largest absolute Gasteiger partial charge is 0.308 e. The maximum absolute atomic E-state index is 10.7. The van der Waals surface area contributed by atoms with E-state index in [2.05, 4.69) is 17.0 Å². The van der Waals surface area contributed by atoms with Gasteiger partial charge in [-0.3, -0.25) is 4.90 Å². The van der Waals surface area contributed by atoms with Crippen molar-refractivity contribution in [3.63, 3.8) is 0 Å². The Morgan fingerprint density at radius 1 is 1.38 bits per heavy atom. The first-order valence-corrected chi connectivity index (χ1v) is 5.58. The van der Waals surface area contributed by atoms with Crippen molar-refractivity contribution in [3.05, 3.63) is 35.9 Å². The quantitative estimate of drug-likeness (QED) is 0.782. The highest BCUT2D eigenvalue weighted by molar-refractivity contribution is 5.97. The average Bonchev–Trinajstić information content (AvgIpc) is 2.31. The van der Waals surface area contributed by atoms with E-state index in [-0.39, 0.29) is 5.92 Å². The number of nitrogens with zero attached hydrogens (tertiary/aromatic N) is 1. The molecule has 0 spiro atoms. The van der Waals surface area contributed by atoms with Gasteiger partial charge in [-0.1, -0.05) is 30.3 Å². The zero-order valence-corrected chi connectivity index (χ0v) is 9.23. The summed E-state index contributed by atoms with van der Waals surface area (Å²) in [7, 11) is 0. The van der Waals surface area contributed by atoms with Crippen LogP contribution in [-0.2, 0) is 11.3 Å². The first-order chi connectivity index (χ1) is 7.79. The van der Waals surface area contributed by atoms with E-state index in [1.807, 2.05) is 18.2 Å². The van der Waals surface area contributed by atoms with E-state index in [9.17, 15) is 4.79 Å². The van der Waals surface area contributed by atoms with Crippen LogP contribution in [0.5, 0.6) is 0 Å². The predicted molar refractivity (Wildman–Crippen MR) is 63.6 cm³/mol. The summed E-state index contributed by atoms with van der Waals surface area (Å²) in [5.74, 6) is -0.146. The number of nitrogens with one attached hydrogen (secondary N) is 1. The Bertz CT molecular complexity index is 375. The molecule has 16 heavy (non-hydrogen) atoms. The van der Waals surface area contributed by atoms with Gasteiger partial charge in [0.1, 0.15) is 6.29 Å². The summed E-state index contributed by atoms with van der Waals surface area (Å²) in [6.07, 6.45) is 1.69. The second-order valence-corrected chi connectivity index (χ2v) is 4.25. The van der Waals surface area contributed by atoms with Crippen LogP contribution in [0.15, 0.2) is 30.3 Å². The summed E-state index contributed by atoms with van der Waals surface area (Å²) in [6, 6.07) is 10.2. The Hall–Kier alpha value is -1.48. The molecule has 1 saturated heterocycles. The summed E-state index contributed by atoms with van der Waals surface area (Å²) in [6.45, 7) is 2.40. The van der Waals surface area contributed by atoms with E-state index in [0.29, 0.717) is 12.3 Å². The lowest BCUT2D eigenvalue weighted by Crippen LogP contribution is -2.40. The van der Waals surface area contributed by atoms with Crippen molar-refractivity contribution < 1.29 is 4.79 Å². The summed E-state index contributed by atoms with van der Waals surface area (Å²) in [5, 5.41) is 7.77.